The van der Waals surface area contributed by atoms with Gasteiger partial charge in [-0.25, -0.2) is 0 Å². The van der Waals surface area contributed by atoms with Crippen molar-refractivity contribution in [1.82, 2.24) is 5.32 Å². The number of methoxy groups -OCH3 is 3. The third-order valence-corrected chi connectivity index (χ3v) is 4.91. The highest BCUT2D eigenvalue weighted by Crippen LogP contribution is 2.39. The van der Waals surface area contributed by atoms with Crippen molar-refractivity contribution in [3.05, 3.63) is 41.5 Å². The molecule has 1 unspecified atom stereocenters. The smallest absolute Gasteiger partial charge is 0.258 e. The third-order valence-electron chi connectivity index (χ3n) is 4.91. The predicted molar refractivity (Wildman–Crippen MR) is 112 cm³/mol. The Hall–Kier alpha value is -3.42. The summed E-state index contributed by atoms with van der Waals surface area (Å²) in [5, 5.41) is 5.72. The van der Waals surface area contributed by atoms with Gasteiger partial charge in [-0.15, -0.1) is 0 Å². The number of carbonyl (C=O) groups excluding carboxylic acids is 2. The maximum atomic E-state index is 12.4. The van der Waals surface area contributed by atoms with Crippen LogP contribution >= 0.6 is 0 Å². The number of nitrogens with one attached hydrogen (secondary N) is 2. The van der Waals surface area contributed by atoms with E-state index in [-0.39, 0.29) is 24.5 Å². The SMILES string of the molecule is COc1cc(C(C)NC(=O)COc2ccc3c(c2)CCC(=O)N3)cc(OC)c1OC. The van der Waals surface area contributed by atoms with Crippen molar-refractivity contribution in [1.29, 1.82) is 0 Å². The first-order valence-corrected chi connectivity index (χ1v) is 9.60. The lowest BCUT2D eigenvalue weighted by Crippen LogP contribution is -2.31. The van der Waals surface area contributed by atoms with E-state index in [0.717, 1.165) is 16.8 Å². The molecule has 0 saturated heterocycles. The summed E-state index contributed by atoms with van der Waals surface area (Å²) < 4.78 is 21.7. The Morgan fingerprint density at radius 1 is 1.07 bits per heavy atom. The monoisotopic (exact) mass is 414 g/mol. The van der Waals surface area contributed by atoms with Gasteiger partial charge >= 0.3 is 0 Å². The Bertz CT molecular complexity index is 918. The van der Waals surface area contributed by atoms with E-state index in [0.29, 0.717) is 35.8 Å². The predicted octanol–water partition coefficient (Wildman–Crippen LogP) is 2.85. The van der Waals surface area contributed by atoms with E-state index in [9.17, 15) is 9.59 Å². The highest BCUT2D eigenvalue weighted by atomic mass is 16.5. The largest absolute Gasteiger partial charge is 0.493 e. The van der Waals surface area contributed by atoms with E-state index >= 15 is 0 Å². The van der Waals surface area contributed by atoms with Gasteiger partial charge in [0.25, 0.3) is 5.91 Å². The highest BCUT2D eigenvalue weighted by molar-refractivity contribution is 5.94. The van der Waals surface area contributed by atoms with Gasteiger partial charge in [-0.05, 0) is 54.8 Å². The maximum absolute atomic E-state index is 12.4. The fourth-order valence-electron chi connectivity index (χ4n) is 3.32. The molecule has 1 atom stereocenters. The lowest BCUT2D eigenvalue weighted by atomic mass is 10.0. The quantitative estimate of drug-likeness (QED) is 0.690. The summed E-state index contributed by atoms with van der Waals surface area (Å²) >= 11 is 0. The molecule has 2 amide bonds. The number of amides is 2. The van der Waals surface area contributed by atoms with Crippen LogP contribution in [-0.4, -0.2) is 39.8 Å². The minimum atomic E-state index is -0.298. The van der Waals surface area contributed by atoms with Crippen LogP contribution in [0.4, 0.5) is 5.69 Å². The normalized spacial score (nSPS) is 13.5. The molecule has 1 aliphatic rings. The number of carbonyl (C=O) groups is 2. The van der Waals surface area contributed by atoms with Crippen molar-refractivity contribution in [2.75, 3.05) is 33.3 Å². The van der Waals surface area contributed by atoms with Crippen LogP contribution in [0.2, 0.25) is 0 Å². The minimum Gasteiger partial charge on any atom is -0.493 e. The Morgan fingerprint density at radius 2 is 1.77 bits per heavy atom. The Kier molecular flexibility index (Phi) is 6.66. The summed E-state index contributed by atoms with van der Waals surface area (Å²) in [6.07, 6.45) is 1.10. The van der Waals surface area contributed by atoms with Crippen molar-refractivity contribution >= 4 is 17.5 Å². The molecular formula is C22H26N2O6. The molecule has 8 heteroatoms. The first-order valence-electron chi connectivity index (χ1n) is 9.60. The van der Waals surface area contributed by atoms with Gasteiger partial charge in [-0.2, -0.15) is 0 Å². The van der Waals surface area contributed by atoms with Crippen molar-refractivity contribution in [3.8, 4) is 23.0 Å². The van der Waals surface area contributed by atoms with Gasteiger partial charge in [0.15, 0.2) is 18.1 Å². The molecular weight excluding hydrogens is 388 g/mol. The van der Waals surface area contributed by atoms with Gasteiger partial charge in [0.1, 0.15) is 5.75 Å². The summed E-state index contributed by atoms with van der Waals surface area (Å²) in [4.78, 5) is 23.8. The molecule has 0 bridgehead atoms. The molecule has 30 heavy (non-hydrogen) atoms. The Morgan fingerprint density at radius 3 is 2.40 bits per heavy atom. The number of aryl methyl sites for hydroxylation is 1. The van der Waals surface area contributed by atoms with Crippen LogP contribution in [0, 0.1) is 0 Å². The van der Waals surface area contributed by atoms with Gasteiger partial charge in [0.05, 0.1) is 27.4 Å². The van der Waals surface area contributed by atoms with Crippen LogP contribution in [0.1, 0.15) is 30.5 Å². The van der Waals surface area contributed by atoms with Gasteiger partial charge < -0.3 is 29.6 Å². The number of benzene rings is 2. The summed E-state index contributed by atoms with van der Waals surface area (Å²) in [5.41, 5.74) is 2.60. The number of ether oxygens (including phenoxy) is 4. The molecule has 0 fully saturated rings. The summed E-state index contributed by atoms with van der Waals surface area (Å²) in [6, 6.07) is 8.67. The molecule has 160 valence electrons. The number of fused-ring (bicyclic) bond motifs is 1. The molecule has 0 radical (unpaired) electrons. The molecule has 3 rings (SSSR count). The zero-order chi connectivity index (χ0) is 21.7. The second kappa shape index (κ2) is 9.39. The second-order valence-corrected chi connectivity index (χ2v) is 6.90. The molecule has 0 aromatic heterocycles. The molecule has 2 N–H and O–H groups in total. The lowest BCUT2D eigenvalue weighted by molar-refractivity contribution is -0.123. The van der Waals surface area contributed by atoms with Crippen LogP contribution < -0.4 is 29.6 Å². The molecule has 0 saturated carbocycles. The van der Waals surface area contributed by atoms with E-state index in [1.807, 2.05) is 13.0 Å². The minimum absolute atomic E-state index is 0.0105. The van der Waals surface area contributed by atoms with Crippen molar-refractivity contribution in [2.45, 2.75) is 25.8 Å². The van der Waals surface area contributed by atoms with Crippen molar-refractivity contribution in [3.63, 3.8) is 0 Å². The van der Waals surface area contributed by atoms with Gasteiger partial charge in [-0.3, -0.25) is 9.59 Å². The van der Waals surface area contributed by atoms with Crippen LogP contribution in [0.15, 0.2) is 30.3 Å². The van der Waals surface area contributed by atoms with Gasteiger partial charge in [0.2, 0.25) is 11.7 Å². The first-order chi connectivity index (χ1) is 14.4. The topological polar surface area (TPSA) is 95.1 Å². The first kappa shape index (κ1) is 21.3. The van der Waals surface area contributed by atoms with E-state index in [2.05, 4.69) is 10.6 Å². The Labute approximate surface area is 175 Å². The van der Waals surface area contributed by atoms with E-state index in [1.54, 1.807) is 38.5 Å². The average molecular weight is 414 g/mol. The second-order valence-electron chi connectivity index (χ2n) is 6.90. The zero-order valence-corrected chi connectivity index (χ0v) is 17.5. The molecule has 0 aliphatic carbocycles. The van der Waals surface area contributed by atoms with Crippen LogP contribution in [-0.2, 0) is 16.0 Å². The number of anilines is 1. The molecule has 8 nitrogen and oxygen atoms in total. The van der Waals surface area contributed by atoms with Crippen molar-refractivity contribution in [2.24, 2.45) is 0 Å². The van der Waals surface area contributed by atoms with Gasteiger partial charge in [0, 0.05) is 12.1 Å². The number of rotatable bonds is 8. The summed E-state index contributed by atoms with van der Waals surface area (Å²) in [6.45, 7) is 1.74. The lowest BCUT2D eigenvalue weighted by Gasteiger charge is -2.19. The molecule has 1 aliphatic heterocycles. The van der Waals surface area contributed by atoms with E-state index in [4.69, 9.17) is 18.9 Å². The zero-order valence-electron chi connectivity index (χ0n) is 17.5. The van der Waals surface area contributed by atoms with Crippen molar-refractivity contribution < 1.29 is 28.5 Å². The third kappa shape index (κ3) is 4.76. The molecule has 2 aromatic rings. The Balaban J connectivity index is 1.62. The van der Waals surface area contributed by atoms with Crippen LogP contribution in [0.5, 0.6) is 23.0 Å². The van der Waals surface area contributed by atoms with Crippen LogP contribution in [0.3, 0.4) is 0 Å². The molecule has 0 spiro atoms. The number of hydrogen-bond acceptors (Lipinski definition) is 6. The highest BCUT2D eigenvalue weighted by Gasteiger charge is 2.18. The fourth-order valence-corrected chi connectivity index (χ4v) is 3.32. The fraction of sp³-hybridized carbons (Fsp3) is 0.364. The standard InChI is InChI=1S/C22H26N2O6/c1-13(15-10-18(27-2)22(29-4)19(11-15)28-3)23-21(26)12-30-16-6-7-17-14(9-16)5-8-20(25)24-17/h6-7,9-11,13H,5,8,12H2,1-4H3,(H,23,26)(H,24,25). The van der Waals surface area contributed by atoms with Crippen LogP contribution in [0.25, 0.3) is 0 Å². The average Bonchev–Trinajstić information content (AvgIpc) is 2.76. The van der Waals surface area contributed by atoms with E-state index in [1.165, 1.54) is 7.11 Å². The van der Waals surface area contributed by atoms with E-state index < -0.39 is 0 Å². The summed E-state index contributed by atoms with van der Waals surface area (Å²) in [7, 11) is 4.63. The maximum Gasteiger partial charge on any atom is 0.258 e. The molecule has 1 heterocycles. The summed E-state index contributed by atoms with van der Waals surface area (Å²) in [5.74, 6) is 1.86. The van der Waals surface area contributed by atoms with Gasteiger partial charge in [-0.1, -0.05) is 0 Å². The number of hydrogen-bond donors (Lipinski definition) is 2. The molecule has 2 aromatic carbocycles.